The number of nitrogens with two attached hydrogens (primary N) is 1. The van der Waals surface area contributed by atoms with E-state index in [0.717, 1.165) is 34.7 Å². The molecule has 1 aliphatic rings. The third kappa shape index (κ3) is 5.52. The van der Waals surface area contributed by atoms with E-state index in [0.29, 0.717) is 11.5 Å². The van der Waals surface area contributed by atoms with E-state index in [1.807, 2.05) is 36.4 Å². The Morgan fingerprint density at radius 1 is 1.27 bits per heavy atom. The lowest BCUT2D eigenvalue weighted by molar-refractivity contribution is 0.421. The van der Waals surface area contributed by atoms with Crippen LogP contribution >= 0.6 is 12.6 Å². The van der Waals surface area contributed by atoms with Crippen molar-refractivity contribution in [3.63, 3.8) is 0 Å². The molecule has 0 spiro atoms. The molecule has 3 aromatic rings. The van der Waals surface area contributed by atoms with Crippen LogP contribution in [0, 0.1) is 18.3 Å². The molecular formula is C24H31N5S. The van der Waals surface area contributed by atoms with Crippen molar-refractivity contribution in [3.05, 3.63) is 66.1 Å². The maximum absolute atomic E-state index is 7.37. The molecule has 5 nitrogen and oxygen atoms in total. The van der Waals surface area contributed by atoms with Gasteiger partial charge in [0.05, 0.1) is 16.7 Å². The predicted molar refractivity (Wildman–Crippen MR) is 129 cm³/mol. The molecule has 2 aromatic heterocycles. The van der Waals surface area contributed by atoms with E-state index in [1.54, 1.807) is 0 Å². The highest BCUT2D eigenvalue weighted by molar-refractivity contribution is 7.80. The van der Waals surface area contributed by atoms with Gasteiger partial charge in [-0.25, -0.2) is 4.98 Å². The molecule has 1 aliphatic heterocycles. The predicted octanol–water partition coefficient (Wildman–Crippen LogP) is 4.66. The Morgan fingerprint density at radius 3 is 2.57 bits per heavy atom. The number of nitrogens with one attached hydrogen (secondary N) is 2. The number of allylic oxidation sites excluding steroid dienone is 1. The van der Waals surface area contributed by atoms with Crippen molar-refractivity contribution in [2.24, 2.45) is 11.7 Å². The molecule has 0 aliphatic carbocycles. The number of nitrogens with zero attached hydrogens (tertiary/aromatic N) is 2. The average molecular weight is 422 g/mol. The molecule has 4 N–H and O–H groups in total. The Bertz CT molecular complexity index is 1010. The number of pyridine rings is 1. The van der Waals surface area contributed by atoms with Gasteiger partial charge in [0.1, 0.15) is 0 Å². The summed E-state index contributed by atoms with van der Waals surface area (Å²) in [5.74, 6) is 0.645. The molecule has 1 fully saturated rings. The Balaban J connectivity index is 0.000000269. The lowest BCUT2D eigenvalue weighted by atomic mass is 9.97. The lowest BCUT2D eigenvalue weighted by Crippen LogP contribution is -2.31. The summed E-state index contributed by atoms with van der Waals surface area (Å²) in [6.07, 6.45) is 5.94. The highest BCUT2D eigenvalue weighted by Gasteiger charge is 2.30. The van der Waals surface area contributed by atoms with Crippen LogP contribution in [-0.2, 0) is 6.54 Å². The third-order valence-corrected chi connectivity index (χ3v) is 5.71. The number of aryl methyl sites for hydroxylation is 1. The molecule has 1 unspecified atom stereocenters. The van der Waals surface area contributed by atoms with Crippen LogP contribution in [0.3, 0.4) is 0 Å². The molecule has 3 heterocycles. The second-order valence-electron chi connectivity index (χ2n) is 8.51. The van der Waals surface area contributed by atoms with Crippen molar-refractivity contribution >= 4 is 35.4 Å². The molecule has 0 saturated carbocycles. The van der Waals surface area contributed by atoms with Gasteiger partial charge in [0.15, 0.2) is 0 Å². The van der Waals surface area contributed by atoms with Crippen LogP contribution in [-0.4, -0.2) is 27.8 Å². The number of thiol groups is 1. The molecule has 1 aromatic carbocycles. The maximum Gasteiger partial charge on any atom is 0.0888 e. The summed E-state index contributed by atoms with van der Waals surface area (Å²) in [5, 5.41) is 10.9. The van der Waals surface area contributed by atoms with E-state index in [-0.39, 0.29) is 5.54 Å². The van der Waals surface area contributed by atoms with Crippen LogP contribution in [0.2, 0.25) is 0 Å². The first-order valence-electron chi connectivity index (χ1n) is 10.2. The Hall–Kier alpha value is -2.57. The molecule has 158 valence electrons. The second-order valence-corrected chi connectivity index (χ2v) is 9.02. The first kappa shape index (κ1) is 22.1. The number of rotatable bonds is 4. The molecule has 30 heavy (non-hydrogen) atoms. The maximum atomic E-state index is 7.37. The number of fused-ring (bicyclic) bond motifs is 1. The number of hydrogen-bond donors (Lipinski definition) is 4. The Kier molecular flexibility index (Phi) is 7.00. The summed E-state index contributed by atoms with van der Waals surface area (Å²) in [4.78, 5) is 5.63. The number of benzene rings is 1. The molecule has 4 rings (SSSR count). The largest absolute Gasteiger partial charge is 0.404 e. The van der Waals surface area contributed by atoms with E-state index in [4.69, 9.17) is 11.1 Å². The molecular weight excluding hydrogens is 390 g/mol. The van der Waals surface area contributed by atoms with Crippen molar-refractivity contribution in [2.45, 2.75) is 44.2 Å². The van der Waals surface area contributed by atoms with E-state index in [9.17, 15) is 0 Å². The minimum atomic E-state index is 0.240. The Morgan fingerprint density at radius 2 is 2.00 bits per heavy atom. The smallest absolute Gasteiger partial charge is 0.0888 e. The fourth-order valence-corrected chi connectivity index (χ4v) is 3.99. The van der Waals surface area contributed by atoms with Gasteiger partial charge in [-0.2, -0.15) is 0 Å². The quantitative estimate of drug-likeness (QED) is 0.365. The molecule has 0 amide bonds. The van der Waals surface area contributed by atoms with Gasteiger partial charge in [0.2, 0.25) is 0 Å². The minimum Gasteiger partial charge on any atom is -0.404 e. The van der Waals surface area contributed by atoms with Crippen LogP contribution in [0.4, 0.5) is 0 Å². The van der Waals surface area contributed by atoms with Gasteiger partial charge < -0.3 is 21.0 Å². The van der Waals surface area contributed by atoms with Gasteiger partial charge in [0, 0.05) is 47.7 Å². The zero-order valence-corrected chi connectivity index (χ0v) is 18.8. The summed E-state index contributed by atoms with van der Waals surface area (Å²) in [6.45, 7) is 8.64. The lowest BCUT2D eigenvalue weighted by Gasteiger charge is -2.17. The standard InChI is InChI=1S/C17H23N5.C7H8S/c1-17(2)7-12(10-20-17)11-22-6-5-15-16(22)4-3-14(21-15)13(8-18)9-19;1-6-2-4-7(8)5-3-6/h3-6,8-9,12,18,20H,7,10-11,19H2,1-2H3;2-5,8H,1H3/b13-9+,18-8?;. The first-order chi connectivity index (χ1) is 14.3. The van der Waals surface area contributed by atoms with Gasteiger partial charge in [-0.05, 0) is 63.4 Å². The average Bonchev–Trinajstić information content (AvgIpc) is 3.28. The zero-order valence-electron chi connectivity index (χ0n) is 17.9. The van der Waals surface area contributed by atoms with E-state index >= 15 is 0 Å². The van der Waals surface area contributed by atoms with Gasteiger partial charge in [-0.1, -0.05) is 17.7 Å². The van der Waals surface area contributed by atoms with Gasteiger partial charge >= 0.3 is 0 Å². The first-order valence-corrected chi connectivity index (χ1v) is 10.7. The molecule has 6 heteroatoms. The van der Waals surface area contributed by atoms with Crippen LogP contribution < -0.4 is 11.1 Å². The van der Waals surface area contributed by atoms with E-state index in [2.05, 4.69) is 60.5 Å². The van der Waals surface area contributed by atoms with Gasteiger partial charge in [-0.15, -0.1) is 12.6 Å². The van der Waals surface area contributed by atoms with Crippen molar-refractivity contribution in [3.8, 4) is 0 Å². The molecule has 0 bridgehead atoms. The third-order valence-electron chi connectivity index (χ3n) is 5.41. The second kappa shape index (κ2) is 9.49. The number of hydrogen-bond acceptors (Lipinski definition) is 5. The van der Waals surface area contributed by atoms with Crippen molar-refractivity contribution in [1.82, 2.24) is 14.9 Å². The van der Waals surface area contributed by atoms with Gasteiger partial charge in [-0.3, -0.25) is 0 Å². The normalized spacial score (nSPS) is 18.1. The minimum absolute atomic E-state index is 0.240. The topological polar surface area (TPSA) is 79.7 Å². The molecule has 1 atom stereocenters. The number of aromatic nitrogens is 2. The van der Waals surface area contributed by atoms with E-state index in [1.165, 1.54) is 24.4 Å². The van der Waals surface area contributed by atoms with Crippen molar-refractivity contribution in [1.29, 1.82) is 5.41 Å². The van der Waals surface area contributed by atoms with Gasteiger partial charge in [0.25, 0.3) is 0 Å². The highest BCUT2D eigenvalue weighted by Crippen LogP contribution is 2.26. The SMILES string of the molecule is CC1(C)CC(Cn2ccc3nc(/C(C=N)=C/N)ccc32)CN1.Cc1ccc(S)cc1. The van der Waals surface area contributed by atoms with Crippen LogP contribution in [0.15, 0.2) is 59.8 Å². The molecule has 0 radical (unpaired) electrons. The summed E-state index contributed by atoms with van der Waals surface area (Å²) in [5.41, 5.74) is 10.5. The van der Waals surface area contributed by atoms with E-state index < -0.39 is 0 Å². The van der Waals surface area contributed by atoms with Crippen LogP contribution in [0.1, 0.15) is 31.5 Å². The zero-order chi connectivity index (χ0) is 21.7. The monoisotopic (exact) mass is 421 g/mol. The summed E-state index contributed by atoms with van der Waals surface area (Å²) < 4.78 is 2.27. The van der Waals surface area contributed by atoms with Crippen molar-refractivity contribution < 1.29 is 0 Å². The summed E-state index contributed by atoms with van der Waals surface area (Å²) in [7, 11) is 0. The fourth-order valence-electron chi connectivity index (χ4n) is 3.84. The highest BCUT2D eigenvalue weighted by atomic mass is 32.1. The fraction of sp³-hybridized carbons (Fsp3) is 0.333. The van der Waals surface area contributed by atoms with Crippen LogP contribution in [0.5, 0.6) is 0 Å². The summed E-state index contributed by atoms with van der Waals surface area (Å²) >= 11 is 4.13. The van der Waals surface area contributed by atoms with Crippen LogP contribution in [0.25, 0.3) is 16.6 Å². The Labute approximate surface area is 184 Å². The molecule has 1 saturated heterocycles. The van der Waals surface area contributed by atoms with Crippen molar-refractivity contribution in [2.75, 3.05) is 6.54 Å². The summed E-state index contributed by atoms with van der Waals surface area (Å²) in [6, 6.07) is 14.1.